The van der Waals surface area contributed by atoms with E-state index in [9.17, 15) is 0 Å². The summed E-state index contributed by atoms with van der Waals surface area (Å²) in [6, 6.07) is 0. The summed E-state index contributed by atoms with van der Waals surface area (Å²) in [7, 11) is 0. The molecule has 4 heteroatoms. The van der Waals surface area contributed by atoms with Gasteiger partial charge >= 0.3 is 0 Å². The van der Waals surface area contributed by atoms with Crippen molar-refractivity contribution in [1.82, 2.24) is 9.97 Å². The molecule has 0 amide bonds. The van der Waals surface area contributed by atoms with Crippen LogP contribution in [0.1, 0.15) is 53.0 Å². The summed E-state index contributed by atoms with van der Waals surface area (Å²) in [6.07, 6.45) is 4.79. The number of nitrogens with zero attached hydrogens (tertiary/aromatic N) is 2. The van der Waals surface area contributed by atoms with Gasteiger partial charge in [-0.1, -0.05) is 34.6 Å². The van der Waals surface area contributed by atoms with Crippen LogP contribution in [0.4, 0.5) is 11.6 Å². The predicted octanol–water partition coefficient (Wildman–Crippen LogP) is 3.71. The van der Waals surface area contributed by atoms with Crippen molar-refractivity contribution in [3.8, 4) is 0 Å². The van der Waals surface area contributed by atoms with Crippen molar-refractivity contribution >= 4 is 11.6 Å². The zero-order valence-corrected chi connectivity index (χ0v) is 13.0. The minimum absolute atomic E-state index is 0.343. The molecule has 0 aliphatic carbocycles. The molecular formula is C15H28N4. The zero-order chi connectivity index (χ0) is 14.3. The van der Waals surface area contributed by atoms with Crippen LogP contribution >= 0.6 is 0 Å². The first-order valence-electron chi connectivity index (χ1n) is 7.29. The predicted molar refractivity (Wildman–Crippen MR) is 82.8 cm³/mol. The third-order valence-electron chi connectivity index (χ3n) is 3.01. The fourth-order valence-corrected chi connectivity index (χ4v) is 1.85. The lowest BCUT2D eigenvalue weighted by molar-refractivity contribution is 0.389. The maximum atomic E-state index is 4.38. The Morgan fingerprint density at radius 2 is 1.58 bits per heavy atom. The van der Waals surface area contributed by atoms with Gasteiger partial charge in [0.25, 0.3) is 0 Å². The van der Waals surface area contributed by atoms with Gasteiger partial charge in [0.05, 0.1) is 0 Å². The molecule has 0 radical (unpaired) electrons. The molecule has 0 aliphatic heterocycles. The first-order chi connectivity index (χ1) is 8.98. The fourth-order valence-electron chi connectivity index (χ4n) is 1.85. The monoisotopic (exact) mass is 264 g/mol. The van der Waals surface area contributed by atoms with E-state index in [1.54, 1.807) is 6.33 Å². The quantitative estimate of drug-likeness (QED) is 0.788. The molecule has 0 unspecified atom stereocenters. The van der Waals surface area contributed by atoms with Crippen LogP contribution in [0.25, 0.3) is 0 Å². The number of rotatable bonds is 7. The van der Waals surface area contributed by atoms with Gasteiger partial charge in [0.15, 0.2) is 0 Å². The first-order valence-corrected chi connectivity index (χ1v) is 7.29. The summed E-state index contributed by atoms with van der Waals surface area (Å²) in [5.41, 5.74) is 1.53. The van der Waals surface area contributed by atoms with Crippen molar-refractivity contribution in [3.05, 3.63) is 11.9 Å². The third kappa shape index (κ3) is 5.45. The number of anilines is 2. The molecule has 1 heterocycles. The van der Waals surface area contributed by atoms with E-state index in [0.717, 1.165) is 44.0 Å². The zero-order valence-electron chi connectivity index (χ0n) is 13.0. The van der Waals surface area contributed by atoms with Crippen molar-refractivity contribution in [1.29, 1.82) is 0 Å². The van der Waals surface area contributed by atoms with Crippen LogP contribution in [0.5, 0.6) is 0 Å². The third-order valence-corrected chi connectivity index (χ3v) is 3.01. The van der Waals surface area contributed by atoms with Crippen LogP contribution in [0, 0.1) is 5.41 Å². The van der Waals surface area contributed by atoms with Gasteiger partial charge in [-0.05, 0) is 24.7 Å². The van der Waals surface area contributed by atoms with Gasteiger partial charge in [-0.3, -0.25) is 0 Å². The molecule has 0 bridgehead atoms. The Bertz CT molecular complexity index is 382. The Kier molecular flexibility index (Phi) is 6.06. The molecule has 1 aromatic rings. The fraction of sp³-hybridized carbons (Fsp3) is 0.733. The molecule has 0 aliphatic rings. The van der Waals surface area contributed by atoms with Gasteiger partial charge in [-0.2, -0.15) is 0 Å². The van der Waals surface area contributed by atoms with E-state index in [0.29, 0.717) is 5.41 Å². The van der Waals surface area contributed by atoms with Crippen LogP contribution in [0.3, 0.4) is 0 Å². The molecule has 0 aromatic carbocycles. The van der Waals surface area contributed by atoms with Crippen molar-refractivity contribution in [2.24, 2.45) is 5.41 Å². The summed E-state index contributed by atoms with van der Waals surface area (Å²) < 4.78 is 0. The van der Waals surface area contributed by atoms with Crippen LogP contribution < -0.4 is 10.6 Å². The van der Waals surface area contributed by atoms with E-state index in [1.807, 2.05) is 0 Å². The molecule has 0 saturated heterocycles. The Labute approximate surface area is 117 Å². The highest BCUT2D eigenvalue weighted by Crippen LogP contribution is 2.22. The molecule has 2 N–H and O–H groups in total. The molecule has 19 heavy (non-hydrogen) atoms. The second-order valence-electron chi connectivity index (χ2n) is 6.07. The molecule has 0 spiro atoms. The number of hydrogen-bond acceptors (Lipinski definition) is 4. The second kappa shape index (κ2) is 7.31. The maximum absolute atomic E-state index is 4.38. The lowest BCUT2D eigenvalue weighted by atomic mass is 9.92. The van der Waals surface area contributed by atoms with Crippen molar-refractivity contribution in [3.63, 3.8) is 0 Å². The summed E-state index contributed by atoms with van der Waals surface area (Å²) in [5, 5.41) is 6.82. The lowest BCUT2D eigenvalue weighted by Gasteiger charge is -2.19. The Morgan fingerprint density at radius 3 is 2.05 bits per heavy atom. The Hall–Kier alpha value is -1.32. The smallest absolute Gasteiger partial charge is 0.134 e. The van der Waals surface area contributed by atoms with Crippen LogP contribution in [-0.4, -0.2) is 23.1 Å². The largest absolute Gasteiger partial charge is 0.370 e. The molecule has 108 valence electrons. The highest BCUT2D eigenvalue weighted by Gasteiger charge is 2.12. The number of hydrogen-bond donors (Lipinski definition) is 2. The van der Waals surface area contributed by atoms with E-state index in [2.05, 4.69) is 55.2 Å². The van der Waals surface area contributed by atoms with Gasteiger partial charge in [-0.25, -0.2) is 9.97 Å². The average molecular weight is 264 g/mol. The van der Waals surface area contributed by atoms with Gasteiger partial charge in [-0.15, -0.1) is 0 Å². The molecule has 0 saturated carbocycles. The highest BCUT2D eigenvalue weighted by molar-refractivity contribution is 5.57. The van der Waals surface area contributed by atoms with Crippen LogP contribution in [-0.2, 0) is 6.42 Å². The molecule has 4 nitrogen and oxygen atoms in total. The van der Waals surface area contributed by atoms with E-state index < -0.39 is 0 Å². The van der Waals surface area contributed by atoms with E-state index in [1.165, 1.54) is 5.56 Å². The molecule has 0 fully saturated rings. The summed E-state index contributed by atoms with van der Waals surface area (Å²) >= 11 is 0. The molecule has 0 atom stereocenters. The van der Waals surface area contributed by atoms with Gasteiger partial charge in [0.1, 0.15) is 18.0 Å². The summed E-state index contributed by atoms with van der Waals surface area (Å²) in [6.45, 7) is 13.0. The van der Waals surface area contributed by atoms with Crippen molar-refractivity contribution in [2.75, 3.05) is 23.7 Å². The van der Waals surface area contributed by atoms with Crippen LogP contribution in [0.2, 0.25) is 0 Å². The van der Waals surface area contributed by atoms with Crippen molar-refractivity contribution in [2.45, 2.75) is 53.9 Å². The minimum atomic E-state index is 0.343. The van der Waals surface area contributed by atoms with Crippen molar-refractivity contribution < 1.29 is 0 Å². The molecule has 1 rings (SSSR count). The molecular weight excluding hydrogens is 236 g/mol. The first kappa shape index (κ1) is 15.7. The van der Waals surface area contributed by atoms with Crippen LogP contribution in [0.15, 0.2) is 6.33 Å². The lowest BCUT2D eigenvalue weighted by Crippen LogP contribution is -2.15. The number of nitrogens with one attached hydrogen (secondary N) is 2. The van der Waals surface area contributed by atoms with E-state index in [4.69, 9.17) is 0 Å². The summed E-state index contributed by atoms with van der Waals surface area (Å²) in [4.78, 5) is 8.72. The second-order valence-corrected chi connectivity index (χ2v) is 6.07. The van der Waals surface area contributed by atoms with E-state index >= 15 is 0 Å². The maximum Gasteiger partial charge on any atom is 0.134 e. The highest BCUT2D eigenvalue weighted by atomic mass is 15.1. The van der Waals surface area contributed by atoms with E-state index in [-0.39, 0.29) is 0 Å². The minimum Gasteiger partial charge on any atom is -0.370 e. The Morgan fingerprint density at radius 1 is 1.00 bits per heavy atom. The Balaban J connectivity index is 2.71. The topological polar surface area (TPSA) is 49.8 Å². The van der Waals surface area contributed by atoms with Gasteiger partial charge < -0.3 is 10.6 Å². The van der Waals surface area contributed by atoms with Gasteiger partial charge in [0.2, 0.25) is 0 Å². The molecule has 1 aromatic heterocycles. The standard InChI is InChI=1S/C15H28N4/c1-6-9-16-13-12(7-2)14(19-11-18-13)17-10-8-15(3,4)5/h11H,6-10H2,1-5H3,(H2,16,17,18,19). The average Bonchev–Trinajstić information content (AvgIpc) is 2.34. The normalized spacial score (nSPS) is 11.4. The number of aromatic nitrogens is 2. The summed E-state index contributed by atoms with van der Waals surface area (Å²) in [5.74, 6) is 1.94. The SMILES string of the molecule is CCCNc1ncnc(NCCC(C)(C)C)c1CC. The van der Waals surface area contributed by atoms with Gasteiger partial charge in [0, 0.05) is 18.7 Å².